The highest BCUT2D eigenvalue weighted by Crippen LogP contribution is 2.45. The lowest BCUT2D eigenvalue weighted by Crippen LogP contribution is -2.61. The number of hydrogen-bond donors (Lipinski definition) is 0. The second-order valence-corrected chi connectivity index (χ2v) is 22.7. The lowest BCUT2D eigenvalue weighted by molar-refractivity contribution is 1.06. The smallest absolute Gasteiger partial charge is 0.252 e. The van der Waals surface area contributed by atoms with Crippen LogP contribution in [-0.2, 0) is 0 Å². The predicted molar refractivity (Wildman–Crippen MR) is 364 cm³/mol. The van der Waals surface area contributed by atoms with E-state index in [4.69, 9.17) is 29.9 Å². The van der Waals surface area contributed by atoms with Gasteiger partial charge < -0.3 is 14.4 Å². The molecule has 2 aliphatic heterocycles. The zero-order valence-corrected chi connectivity index (χ0v) is 48.4. The third-order valence-corrected chi connectivity index (χ3v) is 17.3. The topological polar surface area (TPSA) is 88.7 Å². The van der Waals surface area contributed by atoms with Gasteiger partial charge in [-0.15, -0.1) is 0 Å². The summed E-state index contributed by atoms with van der Waals surface area (Å²) in [6.07, 6.45) is 0. The van der Waals surface area contributed by atoms with E-state index in [0.29, 0.717) is 34.9 Å². The highest BCUT2D eigenvalue weighted by molar-refractivity contribution is 7.00. The van der Waals surface area contributed by atoms with Gasteiger partial charge in [-0.05, 0) is 125 Å². The van der Waals surface area contributed by atoms with Gasteiger partial charge in [0.25, 0.3) is 6.71 Å². The number of benzene rings is 12. The zero-order chi connectivity index (χ0) is 58.9. The van der Waals surface area contributed by atoms with Crippen LogP contribution in [0.25, 0.3) is 107 Å². The average molecular weight is 1140 g/mol. The minimum atomic E-state index is 0.0652. The van der Waals surface area contributed by atoms with Gasteiger partial charge in [-0.2, -0.15) is 0 Å². The van der Waals surface area contributed by atoms with Crippen LogP contribution in [0.5, 0.6) is 0 Å². The van der Waals surface area contributed by atoms with Crippen LogP contribution in [-0.4, -0.2) is 41.2 Å². The van der Waals surface area contributed by atoms with Crippen molar-refractivity contribution < 1.29 is 0 Å². The lowest BCUT2D eigenvalue weighted by Gasteiger charge is -2.44. The van der Waals surface area contributed by atoms with E-state index in [9.17, 15) is 0 Å². The first-order valence-electron chi connectivity index (χ1n) is 30.0. The Balaban J connectivity index is 0.808. The van der Waals surface area contributed by atoms with Crippen LogP contribution in [0.1, 0.15) is 5.56 Å². The van der Waals surface area contributed by atoms with Crippen molar-refractivity contribution in [3.05, 3.63) is 303 Å². The van der Waals surface area contributed by atoms with E-state index in [1.807, 2.05) is 78.9 Å². The molecular formula is C79H52BN9. The van der Waals surface area contributed by atoms with Gasteiger partial charge in [0.1, 0.15) is 0 Å². The summed E-state index contributed by atoms with van der Waals surface area (Å²) in [5.41, 5.74) is 22.2. The normalized spacial score (nSPS) is 12.3. The molecule has 0 atom stereocenters. The summed E-state index contributed by atoms with van der Waals surface area (Å²) < 4.78 is 2.34. The molecule has 5 heterocycles. The van der Waals surface area contributed by atoms with Crippen molar-refractivity contribution in [2.24, 2.45) is 0 Å². The molecule has 0 fully saturated rings. The molecule has 3 aromatic heterocycles. The van der Waals surface area contributed by atoms with E-state index in [1.165, 1.54) is 44.7 Å². The summed E-state index contributed by atoms with van der Waals surface area (Å²) in [6.45, 7) is 2.21. The standard InChI is InChI=1S/C79H52BN9/c1-51-40-46-67-62(48-51)61-32-14-17-35-66(61)89(67)68-47-43-58(78-82-74(53-22-6-2-7-23-53)81-75(83-78)54-24-8-3-9-25-54)50-63(68)79-85-76(55-26-10-4-11-27-55)84-77(86-79)57-29-20-28-56(49-57)52-41-44-60(45-42-52)88-70-37-19-16-34-65(70)80-64-33-15-18-36-69(64)87(59-30-12-5-13-31-59)71-38-21-39-72(88)73(71)80/h2-50H,1H3. The number of fused-ring (bicyclic) bond motifs is 7. The fourth-order valence-electron chi connectivity index (χ4n) is 13.3. The molecule has 0 aliphatic carbocycles. The maximum atomic E-state index is 5.53. The van der Waals surface area contributed by atoms with E-state index in [1.54, 1.807) is 0 Å². The van der Waals surface area contributed by atoms with Gasteiger partial charge in [0.15, 0.2) is 34.9 Å². The third-order valence-electron chi connectivity index (χ3n) is 17.3. The molecule has 9 nitrogen and oxygen atoms in total. The number of anilines is 6. The van der Waals surface area contributed by atoms with Crippen molar-refractivity contribution in [1.82, 2.24) is 34.5 Å². The number of aromatic nitrogens is 7. The number of para-hydroxylation sites is 4. The summed E-state index contributed by atoms with van der Waals surface area (Å²) in [4.78, 5) is 36.6. The summed E-state index contributed by atoms with van der Waals surface area (Å²) in [7, 11) is 0. The monoisotopic (exact) mass is 1140 g/mol. The van der Waals surface area contributed by atoms with Gasteiger partial charge in [-0.25, -0.2) is 29.9 Å². The predicted octanol–water partition coefficient (Wildman–Crippen LogP) is 17.2. The van der Waals surface area contributed by atoms with E-state index in [0.717, 1.165) is 83.4 Å². The maximum Gasteiger partial charge on any atom is 0.252 e. The number of hydrogen-bond acceptors (Lipinski definition) is 8. The van der Waals surface area contributed by atoms with Gasteiger partial charge in [0.05, 0.1) is 16.7 Å². The summed E-state index contributed by atoms with van der Waals surface area (Å²) in [5.74, 6) is 3.27. The molecule has 0 saturated carbocycles. The van der Waals surface area contributed by atoms with Crippen molar-refractivity contribution in [2.45, 2.75) is 6.92 Å². The molecule has 416 valence electrons. The first kappa shape index (κ1) is 51.5. The van der Waals surface area contributed by atoms with E-state index in [-0.39, 0.29) is 6.71 Å². The van der Waals surface area contributed by atoms with E-state index in [2.05, 4.69) is 240 Å². The Kier molecular flexibility index (Phi) is 12.3. The Bertz CT molecular complexity index is 5170. The van der Waals surface area contributed by atoms with Crippen LogP contribution in [0.4, 0.5) is 34.1 Å². The van der Waals surface area contributed by atoms with Crippen LogP contribution in [0, 0.1) is 6.92 Å². The molecule has 0 spiro atoms. The van der Waals surface area contributed by atoms with Crippen molar-refractivity contribution in [1.29, 1.82) is 0 Å². The van der Waals surface area contributed by atoms with Crippen LogP contribution in [0.2, 0.25) is 0 Å². The molecule has 15 aromatic rings. The summed E-state index contributed by atoms with van der Waals surface area (Å²) in [6, 6.07) is 105. The van der Waals surface area contributed by atoms with Crippen molar-refractivity contribution in [3.63, 3.8) is 0 Å². The number of nitrogens with zero attached hydrogens (tertiary/aromatic N) is 9. The fraction of sp³-hybridized carbons (Fsp3) is 0.0127. The fourth-order valence-corrected chi connectivity index (χ4v) is 13.3. The van der Waals surface area contributed by atoms with Crippen LogP contribution >= 0.6 is 0 Å². The lowest BCUT2D eigenvalue weighted by atomic mass is 9.33. The first-order chi connectivity index (χ1) is 44.0. The van der Waals surface area contributed by atoms with Crippen molar-refractivity contribution in [2.75, 3.05) is 9.80 Å². The molecule has 10 heteroatoms. The largest absolute Gasteiger partial charge is 0.311 e. The van der Waals surface area contributed by atoms with Crippen molar-refractivity contribution >= 4 is 79.0 Å². The van der Waals surface area contributed by atoms with Gasteiger partial charge in [0.2, 0.25) is 0 Å². The molecule has 0 radical (unpaired) electrons. The van der Waals surface area contributed by atoms with Gasteiger partial charge in [-0.3, -0.25) is 0 Å². The molecular weight excluding hydrogens is 1090 g/mol. The highest BCUT2D eigenvalue weighted by Gasteiger charge is 2.43. The highest BCUT2D eigenvalue weighted by atomic mass is 15.2. The number of rotatable bonds is 10. The first-order valence-corrected chi connectivity index (χ1v) is 30.0. The number of aryl methyl sites for hydroxylation is 1. The molecule has 0 amide bonds. The zero-order valence-electron chi connectivity index (χ0n) is 48.4. The van der Waals surface area contributed by atoms with E-state index >= 15 is 0 Å². The Hall–Kier alpha value is -11.9. The SMILES string of the molecule is Cc1ccc2c(c1)c1ccccc1n2-c1ccc(-c2nc(-c3ccccc3)nc(-c3ccccc3)n2)cc1-c1nc(-c2ccccc2)nc(-c2cccc(-c3ccc(N4c5ccccc5B5c6ccccc6N(c6ccccc6)c6cccc4c65)cc3)c2)n1. The quantitative estimate of drug-likeness (QED) is 0.125. The van der Waals surface area contributed by atoms with Crippen LogP contribution in [0.3, 0.4) is 0 Å². The average Bonchev–Trinajstić information content (AvgIpc) is 1.13. The Morgan fingerprint density at radius 2 is 0.697 bits per heavy atom. The molecule has 2 aliphatic rings. The van der Waals surface area contributed by atoms with Gasteiger partial charge in [-0.1, -0.05) is 212 Å². The Morgan fingerprint density at radius 3 is 1.29 bits per heavy atom. The Labute approximate surface area is 515 Å². The molecule has 0 N–H and O–H groups in total. The van der Waals surface area contributed by atoms with Gasteiger partial charge >= 0.3 is 0 Å². The van der Waals surface area contributed by atoms with E-state index < -0.39 is 0 Å². The maximum absolute atomic E-state index is 5.53. The van der Waals surface area contributed by atoms with Crippen LogP contribution in [0.15, 0.2) is 297 Å². The van der Waals surface area contributed by atoms with Gasteiger partial charge in [0, 0.05) is 78.3 Å². The molecule has 12 aromatic carbocycles. The molecule has 0 saturated heterocycles. The minimum Gasteiger partial charge on any atom is -0.311 e. The second-order valence-electron chi connectivity index (χ2n) is 22.7. The molecule has 89 heavy (non-hydrogen) atoms. The summed E-state index contributed by atoms with van der Waals surface area (Å²) >= 11 is 0. The molecule has 17 rings (SSSR count). The Morgan fingerprint density at radius 1 is 0.270 bits per heavy atom. The third kappa shape index (κ3) is 8.87. The van der Waals surface area contributed by atoms with Crippen molar-refractivity contribution in [3.8, 4) is 85.1 Å². The summed E-state index contributed by atoms with van der Waals surface area (Å²) in [5, 5.41) is 2.31. The second kappa shape index (κ2) is 21.3. The molecule has 0 bridgehead atoms. The van der Waals surface area contributed by atoms with Crippen LogP contribution < -0.4 is 26.2 Å². The minimum absolute atomic E-state index is 0.0652. The molecule has 0 unspecified atom stereocenters.